The number of benzene rings is 2. The van der Waals surface area contributed by atoms with Crippen molar-refractivity contribution in [1.29, 1.82) is 0 Å². The number of aromatic nitrogens is 3. The molecule has 2 aliphatic heterocycles. The van der Waals surface area contributed by atoms with Crippen LogP contribution in [-0.4, -0.2) is 44.3 Å². The molecular formula is C28H29N5O2. The van der Waals surface area contributed by atoms with Crippen LogP contribution in [-0.2, 0) is 7.05 Å². The summed E-state index contributed by atoms with van der Waals surface area (Å²) in [6.07, 6.45) is 6.13. The van der Waals surface area contributed by atoms with Crippen molar-refractivity contribution < 1.29 is 9.32 Å². The summed E-state index contributed by atoms with van der Waals surface area (Å²) in [5.41, 5.74) is 3.46. The minimum Gasteiger partial charge on any atom is -0.350 e. The van der Waals surface area contributed by atoms with Crippen LogP contribution in [0.2, 0.25) is 0 Å². The number of nitrogens with zero attached hydrogens (tertiary/aromatic N) is 4. The van der Waals surface area contributed by atoms with E-state index in [9.17, 15) is 4.79 Å². The Balaban J connectivity index is 1.04. The van der Waals surface area contributed by atoms with Gasteiger partial charge in [-0.05, 0) is 43.2 Å². The monoisotopic (exact) mass is 467 g/mol. The lowest BCUT2D eigenvalue weighted by Gasteiger charge is -2.48. The first-order chi connectivity index (χ1) is 17.2. The first kappa shape index (κ1) is 20.7. The predicted octanol–water partition coefficient (Wildman–Crippen LogP) is 5.06. The number of carbonyl (C=O) groups excluding carboxylic acids is 1. The molecule has 7 nitrogen and oxygen atoms in total. The third kappa shape index (κ3) is 3.52. The molecule has 2 saturated heterocycles. The molecule has 2 aliphatic carbocycles. The zero-order valence-electron chi connectivity index (χ0n) is 19.8. The summed E-state index contributed by atoms with van der Waals surface area (Å²) in [5.74, 6) is 2.38. The number of urea groups is 1. The molecule has 2 amide bonds. The van der Waals surface area contributed by atoms with Crippen molar-refractivity contribution in [2.45, 2.75) is 49.6 Å². The van der Waals surface area contributed by atoms with E-state index in [0.29, 0.717) is 23.6 Å². The standard InChI is InChI=1S/C28H29N5O2/c1-32-16-23(20-9-5-6-10-25(20)32)26-30-27(35-31-26)22-13-19-12-11-18(22)15-33(19)28(34)29-24-14-21(24)17-7-3-2-4-8-17/h2-10,16,18-19,21-22,24H,11-15H2,1H3,(H,29,34)/t18?,19?,21?,22-,24?/m1/s1. The largest absolute Gasteiger partial charge is 0.350 e. The number of hydrogen-bond acceptors (Lipinski definition) is 4. The SMILES string of the molecule is Cn1cc(-c2noc([C@@H]3CC4CCC3CN4C(=O)NC3CC3c3ccccc3)n2)c2ccccc21. The maximum absolute atomic E-state index is 13.1. The van der Waals surface area contributed by atoms with E-state index in [1.54, 1.807) is 0 Å². The minimum atomic E-state index is 0.0866. The molecular weight excluding hydrogens is 438 g/mol. The number of para-hydroxylation sites is 1. The van der Waals surface area contributed by atoms with E-state index < -0.39 is 0 Å². The van der Waals surface area contributed by atoms with Crippen LogP contribution in [0.15, 0.2) is 65.3 Å². The van der Waals surface area contributed by atoms with Gasteiger partial charge < -0.3 is 19.3 Å². The van der Waals surface area contributed by atoms with Crippen LogP contribution in [0.1, 0.15) is 49.0 Å². The second-order valence-corrected chi connectivity index (χ2v) is 10.4. The Labute approximate surface area is 204 Å². The summed E-state index contributed by atoms with van der Waals surface area (Å²) < 4.78 is 7.91. The lowest BCUT2D eigenvalue weighted by molar-refractivity contribution is 0.0481. The second kappa shape index (κ2) is 7.97. The number of carbonyl (C=O) groups is 1. The van der Waals surface area contributed by atoms with E-state index in [2.05, 4.69) is 62.5 Å². The van der Waals surface area contributed by atoms with Crippen molar-refractivity contribution in [2.24, 2.45) is 13.0 Å². The summed E-state index contributed by atoms with van der Waals surface area (Å²) in [7, 11) is 2.04. The van der Waals surface area contributed by atoms with Crippen molar-refractivity contribution in [2.75, 3.05) is 6.54 Å². The molecule has 8 rings (SSSR count). The summed E-state index contributed by atoms with van der Waals surface area (Å²) in [5, 5.41) is 8.77. The van der Waals surface area contributed by atoms with Crippen molar-refractivity contribution in [3.8, 4) is 11.4 Å². The molecule has 178 valence electrons. The average Bonchev–Trinajstić information content (AvgIpc) is 3.35. The van der Waals surface area contributed by atoms with E-state index in [4.69, 9.17) is 9.51 Å². The van der Waals surface area contributed by atoms with Crippen LogP contribution in [0.4, 0.5) is 4.79 Å². The first-order valence-electron chi connectivity index (χ1n) is 12.7. The van der Waals surface area contributed by atoms with Gasteiger partial charge in [0.05, 0.1) is 0 Å². The van der Waals surface area contributed by atoms with E-state index in [1.807, 2.05) is 25.2 Å². The average molecular weight is 468 g/mol. The van der Waals surface area contributed by atoms with Crippen LogP contribution in [0.25, 0.3) is 22.3 Å². The minimum absolute atomic E-state index is 0.0866. The van der Waals surface area contributed by atoms with Gasteiger partial charge in [-0.2, -0.15) is 4.98 Å². The molecule has 5 atom stereocenters. The molecule has 0 spiro atoms. The number of amides is 2. The highest BCUT2D eigenvalue weighted by Gasteiger charge is 2.47. The number of aryl methyl sites for hydroxylation is 1. The summed E-state index contributed by atoms with van der Waals surface area (Å²) >= 11 is 0. The van der Waals surface area contributed by atoms with E-state index in [0.717, 1.165) is 48.7 Å². The lowest BCUT2D eigenvalue weighted by Crippen LogP contribution is -2.56. The Morgan fingerprint density at radius 3 is 2.69 bits per heavy atom. The molecule has 4 unspecified atom stereocenters. The molecule has 2 saturated carbocycles. The maximum Gasteiger partial charge on any atom is 0.317 e. The smallest absolute Gasteiger partial charge is 0.317 e. The molecule has 2 aromatic carbocycles. The topological polar surface area (TPSA) is 76.2 Å². The number of piperidine rings is 2. The van der Waals surface area contributed by atoms with Gasteiger partial charge in [-0.1, -0.05) is 53.7 Å². The van der Waals surface area contributed by atoms with Crippen molar-refractivity contribution in [1.82, 2.24) is 24.9 Å². The second-order valence-electron chi connectivity index (χ2n) is 10.4. The van der Waals surface area contributed by atoms with Crippen molar-refractivity contribution in [3.05, 3.63) is 72.2 Å². The van der Waals surface area contributed by atoms with Gasteiger partial charge in [-0.15, -0.1) is 0 Å². The molecule has 4 fully saturated rings. The van der Waals surface area contributed by atoms with Gasteiger partial charge in [0.25, 0.3) is 0 Å². The molecule has 35 heavy (non-hydrogen) atoms. The van der Waals surface area contributed by atoms with Crippen LogP contribution in [0, 0.1) is 5.92 Å². The normalized spacial score (nSPS) is 27.3. The molecule has 7 heteroatoms. The fraction of sp³-hybridized carbons (Fsp3) is 0.393. The van der Waals surface area contributed by atoms with Gasteiger partial charge in [0, 0.05) is 60.2 Å². The Kier molecular flexibility index (Phi) is 4.72. The fourth-order valence-corrected chi connectivity index (χ4v) is 6.35. The van der Waals surface area contributed by atoms with Gasteiger partial charge in [0.2, 0.25) is 11.7 Å². The molecule has 4 aromatic rings. The number of nitrogens with one attached hydrogen (secondary N) is 1. The Morgan fingerprint density at radius 1 is 1.03 bits per heavy atom. The molecule has 2 aromatic heterocycles. The predicted molar refractivity (Wildman–Crippen MR) is 133 cm³/mol. The Morgan fingerprint density at radius 2 is 1.86 bits per heavy atom. The quantitative estimate of drug-likeness (QED) is 0.455. The van der Waals surface area contributed by atoms with Crippen molar-refractivity contribution >= 4 is 16.9 Å². The highest BCUT2D eigenvalue weighted by Crippen LogP contribution is 2.46. The van der Waals surface area contributed by atoms with Crippen LogP contribution < -0.4 is 5.32 Å². The third-order valence-electron chi connectivity index (χ3n) is 8.32. The van der Waals surface area contributed by atoms with Crippen molar-refractivity contribution in [3.63, 3.8) is 0 Å². The van der Waals surface area contributed by atoms with E-state index in [-0.39, 0.29) is 24.0 Å². The van der Waals surface area contributed by atoms with Gasteiger partial charge in [-0.25, -0.2) is 4.79 Å². The van der Waals surface area contributed by atoms with Gasteiger partial charge in [0.15, 0.2) is 0 Å². The third-order valence-corrected chi connectivity index (χ3v) is 8.32. The number of hydrogen-bond donors (Lipinski definition) is 1. The summed E-state index contributed by atoms with van der Waals surface area (Å²) in [6, 6.07) is 19.3. The zero-order chi connectivity index (χ0) is 23.5. The van der Waals surface area contributed by atoms with Gasteiger partial charge >= 0.3 is 6.03 Å². The maximum atomic E-state index is 13.1. The van der Waals surface area contributed by atoms with Crippen LogP contribution in [0.3, 0.4) is 0 Å². The van der Waals surface area contributed by atoms with Crippen LogP contribution in [0.5, 0.6) is 0 Å². The summed E-state index contributed by atoms with van der Waals surface area (Å²) in [6.45, 7) is 0.760. The fourth-order valence-electron chi connectivity index (χ4n) is 6.35. The van der Waals surface area contributed by atoms with Gasteiger partial charge in [-0.3, -0.25) is 0 Å². The van der Waals surface area contributed by atoms with Crippen LogP contribution >= 0.6 is 0 Å². The van der Waals surface area contributed by atoms with Gasteiger partial charge in [0.1, 0.15) is 0 Å². The zero-order valence-corrected chi connectivity index (χ0v) is 19.8. The first-order valence-corrected chi connectivity index (χ1v) is 12.7. The Hall–Kier alpha value is -3.61. The molecule has 2 bridgehead atoms. The highest BCUT2D eigenvalue weighted by molar-refractivity contribution is 5.94. The molecule has 0 radical (unpaired) electrons. The van der Waals surface area contributed by atoms with E-state index >= 15 is 0 Å². The summed E-state index contributed by atoms with van der Waals surface area (Å²) in [4.78, 5) is 20.0. The molecule has 4 heterocycles. The van der Waals surface area contributed by atoms with E-state index in [1.165, 1.54) is 5.56 Å². The Bertz CT molecular complexity index is 1390. The number of rotatable bonds is 4. The number of fused-ring (bicyclic) bond motifs is 4. The highest BCUT2D eigenvalue weighted by atomic mass is 16.5. The lowest BCUT2D eigenvalue weighted by atomic mass is 9.72. The molecule has 4 aliphatic rings. The molecule has 1 N–H and O–H groups in total.